The average Bonchev–Trinajstić information content (AvgIpc) is 1.60. The number of piperidine rings is 6. The van der Waals surface area contributed by atoms with Gasteiger partial charge in [-0.1, -0.05) is 111 Å². The van der Waals surface area contributed by atoms with Gasteiger partial charge in [-0.25, -0.2) is 0 Å². The van der Waals surface area contributed by atoms with Gasteiger partial charge in [-0.3, -0.25) is 54.3 Å². The highest BCUT2D eigenvalue weighted by atomic mass is 16.5. The van der Waals surface area contributed by atoms with Crippen molar-refractivity contribution in [1.82, 2.24) is 55.8 Å². The van der Waals surface area contributed by atoms with E-state index < -0.39 is 0 Å². The lowest BCUT2D eigenvalue weighted by Gasteiger charge is -2.40. The van der Waals surface area contributed by atoms with Crippen LogP contribution >= 0.6 is 0 Å². The van der Waals surface area contributed by atoms with Crippen molar-refractivity contribution in [2.24, 2.45) is 39.9 Å². The van der Waals surface area contributed by atoms with Crippen LogP contribution in [0.5, 0.6) is 0 Å². The topological polar surface area (TPSA) is 295 Å². The van der Waals surface area contributed by atoms with E-state index in [9.17, 15) is 29.7 Å². The number of ether oxygens (including phenoxy) is 2. The van der Waals surface area contributed by atoms with Gasteiger partial charge in [0, 0.05) is 191 Å². The van der Waals surface area contributed by atoms with Crippen molar-refractivity contribution in [2.75, 3.05) is 170 Å². The number of nitrogens with one attached hydrogen (secondary N) is 3. The fraction of sp³-hybridized carbons (Fsp3) is 0.645. The predicted octanol–water partition coefficient (Wildman–Crippen LogP) is 19.6. The summed E-state index contributed by atoms with van der Waals surface area (Å²) in [7, 11) is 0. The quantitative estimate of drug-likeness (QED) is 0.0524. The summed E-state index contributed by atoms with van der Waals surface area (Å²) in [6.45, 7) is 53.3. The molecule has 16 fully saturated rings. The standard InChI is InChI=1S/3C16H23N3O.3C15H22N2O.2C14H20N2O/c3*1-12(2)14-5-4-13(10-18-14)19-9-3-6-16(11-19)7-8-17-15(16)20;3*1-11(2)14-4-3-12(9-16-14)17-10-13(18)5-6-15(17)7-8-15;2*1-10(2)14-4-3-13(5-15-14)16-6-11-8-17-9-12(11)7-16/h3*4-5,10,12H,3,6-9,11H2,1-2H3,(H,17,20);3*3-4,9,11,13,18H,5-8,10H2,1-2H3;2*3-5,10-12H,6-9H2,1-2H3/t2*16-;;2*13-;;11-,12+;/m10.10.../s1. The Kier molecular flexibility index (Phi) is 35.2. The largest absolute Gasteiger partial charge is 0.391 e. The van der Waals surface area contributed by atoms with Gasteiger partial charge in [0.1, 0.15) is 0 Å². The van der Waals surface area contributed by atoms with Crippen molar-refractivity contribution < 1.29 is 39.2 Å². The minimum absolute atomic E-state index is 0.158. The maximum Gasteiger partial charge on any atom is 0.228 e. The number of aliphatic hydroxyl groups is 3. The molecule has 6 spiro atoms. The second kappa shape index (κ2) is 47.8. The Morgan fingerprint density at radius 1 is 0.264 bits per heavy atom. The Morgan fingerprint density at radius 3 is 0.642 bits per heavy atom. The van der Waals surface area contributed by atoms with E-state index in [0.717, 1.165) is 302 Å². The molecule has 0 bridgehead atoms. The van der Waals surface area contributed by atoms with Crippen molar-refractivity contribution in [3.05, 3.63) is 192 Å². The number of aromatic nitrogens is 8. The fourth-order valence-electron chi connectivity index (χ4n) is 24.8. The van der Waals surface area contributed by atoms with Crippen LogP contribution in [0.1, 0.15) is 339 Å². The van der Waals surface area contributed by atoms with Crippen LogP contribution in [0.3, 0.4) is 0 Å². The van der Waals surface area contributed by atoms with Crippen LogP contribution in [0.25, 0.3) is 0 Å². The van der Waals surface area contributed by atoms with Crippen LogP contribution in [0.2, 0.25) is 0 Å². The van der Waals surface area contributed by atoms with Crippen LogP contribution in [0.15, 0.2) is 147 Å². The second-order valence-electron chi connectivity index (χ2n) is 48.7. The zero-order valence-corrected chi connectivity index (χ0v) is 92.0. The number of pyridine rings is 8. The lowest BCUT2D eigenvalue weighted by molar-refractivity contribution is -0.128. The van der Waals surface area contributed by atoms with E-state index in [1.807, 2.05) is 49.6 Å². The molecule has 4 unspecified atom stereocenters. The lowest BCUT2D eigenvalue weighted by atomic mass is 9.78. The number of carbonyl (C=O) groups is 3. The van der Waals surface area contributed by atoms with Crippen LogP contribution in [-0.4, -0.2) is 239 Å². The van der Waals surface area contributed by atoms with E-state index in [2.05, 4.69) is 303 Å². The van der Waals surface area contributed by atoms with Crippen molar-refractivity contribution in [2.45, 2.75) is 328 Å². The first kappa shape index (κ1) is 109. The van der Waals surface area contributed by atoms with E-state index in [4.69, 9.17) is 9.47 Å². The summed E-state index contributed by atoms with van der Waals surface area (Å²) in [6, 6.07) is 34.4. The highest BCUT2D eigenvalue weighted by Gasteiger charge is 2.55. The van der Waals surface area contributed by atoms with E-state index in [-0.39, 0.29) is 52.3 Å². The molecule has 0 aromatic carbocycles. The third-order valence-electron chi connectivity index (χ3n) is 35.2. The third kappa shape index (κ3) is 26.1. The first-order valence-corrected chi connectivity index (χ1v) is 56.9. The number of anilines is 8. The summed E-state index contributed by atoms with van der Waals surface area (Å²) in [5.74, 6) is 7.48. The van der Waals surface area contributed by atoms with Crippen molar-refractivity contribution in [3.8, 4) is 0 Å². The first-order chi connectivity index (χ1) is 71.1. The van der Waals surface area contributed by atoms with Crippen LogP contribution in [0, 0.1) is 39.9 Å². The van der Waals surface area contributed by atoms with Gasteiger partial charge in [-0.2, -0.15) is 0 Å². The van der Waals surface area contributed by atoms with Crippen molar-refractivity contribution in [3.63, 3.8) is 0 Å². The summed E-state index contributed by atoms with van der Waals surface area (Å²) in [5.41, 5.74) is 19.2. The molecule has 10 atom stereocenters. The van der Waals surface area contributed by atoms with Gasteiger partial charge in [0.25, 0.3) is 0 Å². The molecule has 8 aromatic heterocycles. The maximum atomic E-state index is 12.1. The monoisotopic (exact) mass is 2020 g/mol. The van der Waals surface area contributed by atoms with Gasteiger partial charge in [-0.05, 0) is 279 Å². The minimum atomic E-state index is -0.180. The van der Waals surface area contributed by atoms with Gasteiger partial charge in [-0.15, -0.1) is 0 Å². The number of nitrogens with zero attached hydrogens (tertiary/aromatic N) is 16. The van der Waals surface area contributed by atoms with E-state index in [0.29, 0.717) is 64.0 Å². The third-order valence-corrected chi connectivity index (χ3v) is 35.2. The van der Waals surface area contributed by atoms with Gasteiger partial charge in [0.2, 0.25) is 17.7 Å². The van der Waals surface area contributed by atoms with Crippen LogP contribution < -0.4 is 55.1 Å². The molecule has 24 rings (SSSR count). The summed E-state index contributed by atoms with van der Waals surface area (Å²) in [5, 5.41) is 38.6. The summed E-state index contributed by atoms with van der Waals surface area (Å²) >= 11 is 0. The van der Waals surface area contributed by atoms with Gasteiger partial charge in [0.05, 0.1) is 156 Å². The zero-order chi connectivity index (χ0) is 104. The number of aliphatic hydroxyl groups excluding tert-OH is 3. The second-order valence-corrected chi connectivity index (χ2v) is 48.7. The molecule has 27 nitrogen and oxygen atoms in total. The van der Waals surface area contributed by atoms with Crippen LogP contribution in [0.4, 0.5) is 45.5 Å². The Hall–Kier alpha value is -10.2. The molecule has 21 heterocycles. The van der Waals surface area contributed by atoms with E-state index in [1.54, 1.807) is 0 Å². The molecule has 16 aliphatic rings. The molecule has 3 aliphatic carbocycles. The highest BCUT2D eigenvalue weighted by molar-refractivity contribution is 5.87. The Morgan fingerprint density at radius 2 is 0.466 bits per heavy atom. The minimum Gasteiger partial charge on any atom is -0.391 e. The van der Waals surface area contributed by atoms with E-state index >= 15 is 0 Å². The summed E-state index contributed by atoms with van der Waals surface area (Å²) in [6.07, 6.45) is 38.4. The van der Waals surface area contributed by atoms with Gasteiger partial charge >= 0.3 is 0 Å². The molecule has 3 saturated carbocycles. The Balaban J connectivity index is 0.000000115. The molecule has 6 N–H and O–H groups in total. The van der Waals surface area contributed by atoms with Gasteiger partial charge in [0.15, 0.2) is 0 Å². The summed E-state index contributed by atoms with van der Waals surface area (Å²) < 4.78 is 11.0. The first-order valence-electron chi connectivity index (χ1n) is 56.9. The molecule has 3 amide bonds. The number of fused-ring (bicyclic) bond motifs is 2. The summed E-state index contributed by atoms with van der Waals surface area (Å²) in [4.78, 5) is 91.8. The SMILES string of the molecule is CC(C)c1ccc(N2CC(O)CCC23CC3)cn1.CC(C)c1ccc(N2CC3COCC3C2)cn1.CC(C)c1ccc(N2CCCC3(CCNC3=O)C2)cn1.CC(C)c1ccc(N2CCC[C@@]3(CCNC3=O)C2)cn1.CC(C)c1ccc(N2CCC[C@]3(CCNC3=O)C2)cn1.CC(C)c1ccc(N2C[C@@H](O)CCC23CC3)cn1.CC(C)c1ccc(N2C[C@H](O)CCC23CC3)cn1.CC(C)c1ccc(N2C[C@H]3COC[C@H]3C2)cn1. The number of hydrogen-bond acceptors (Lipinski definition) is 24. The molecule has 13 saturated heterocycles. The molecule has 27 heteroatoms. The molecule has 8 aromatic rings. The number of amides is 3. The fourth-order valence-corrected chi connectivity index (χ4v) is 24.8. The number of carbonyl (C=O) groups excluding carboxylic acids is 3. The molecule has 13 aliphatic heterocycles. The number of rotatable bonds is 16. The maximum absolute atomic E-state index is 12.1. The Bertz CT molecular complexity index is 5070. The molecular formula is C121H175N19O8. The highest BCUT2D eigenvalue weighted by Crippen LogP contribution is 2.54. The molecule has 148 heavy (non-hydrogen) atoms. The average molecular weight is 2020 g/mol. The lowest BCUT2D eigenvalue weighted by Crippen LogP contribution is -2.47. The predicted molar refractivity (Wildman–Crippen MR) is 595 cm³/mol. The molecule has 0 radical (unpaired) electrons. The zero-order valence-electron chi connectivity index (χ0n) is 92.0. The van der Waals surface area contributed by atoms with Crippen molar-refractivity contribution >= 4 is 63.2 Å². The number of hydrogen-bond donors (Lipinski definition) is 6. The number of β-amino-alcohol motifs (C(OH)–C–C–N with tert-alkyl or cyclic N) is 3. The molecular weight excluding hydrogens is 1850 g/mol. The van der Waals surface area contributed by atoms with Gasteiger partial charge < -0.3 is 79.9 Å². The molecule has 802 valence electrons. The van der Waals surface area contributed by atoms with Crippen molar-refractivity contribution in [1.29, 1.82) is 0 Å². The normalized spacial score (nSPS) is 26.5. The smallest absolute Gasteiger partial charge is 0.228 e. The van der Waals surface area contributed by atoms with E-state index in [1.165, 1.54) is 78.3 Å². The Labute approximate surface area is 883 Å². The van der Waals surface area contributed by atoms with Crippen LogP contribution in [-0.2, 0) is 23.9 Å².